The molecule has 4 aromatic rings. The molecule has 1 atom stereocenters. The van der Waals surface area contributed by atoms with Crippen LogP contribution in [0.3, 0.4) is 0 Å². The number of aromatic nitrogens is 3. The van der Waals surface area contributed by atoms with Gasteiger partial charge in [-0.3, -0.25) is 0 Å². The van der Waals surface area contributed by atoms with Crippen molar-refractivity contribution in [2.24, 2.45) is 0 Å². The number of carbonyl (C=O) groups is 3. The van der Waals surface area contributed by atoms with E-state index in [0.717, 1.165) is 5.56 Å². The Morgan fingerprint density at radius 3 is 2.18 bits per heavy atom. The van der Waals surface area contributed by atoms with Crippen molar-refractivity contribution in [3.05, 3.63) is 114 Å². The zero-order valence-electron chi connectivity index (χ0n) is 21.0. The van der Waals surface area contributed by atoms with Gasteiger partial charge in [-0.2, -0.15) is 0 Å². The topological polar surface area (TPSA) is 124 Å². The van der Waals surface area contributed by atoms with Crippen LogP contribution in [-0.2, 0) is 14.3 Å². The molecule has 0 fully saturated rings. The number of benzene rings is 3. The lowest BCUT2D eigenvalue weighted by Crippen LogP contribution is -2.47. The molecule has 2 amide bonds. The lowest BCUT2D eigenvalue weighted by molar-refractivity contribution is -0.139. The summed E-state index contributed by atoms with van der Waals surface area (Å²) in [6, 6.07) is 26.3. The number of rotatable bonds is 8. The maximum absolute atomic E-state index is 13.1. The molecule has 0 unspecified atom stereocenters. The Labute approximate surface area is 224 Å². The van der Waals surface area contributed by atoms with E-state index in [1.807, 2.05) is 66.7 Å². The molecule has 39 heavy (non-hydrogen) atoms. The molecule has 2 heterocycles. The Bertz CT molecular complexity index is 1460. The van der Waals surface area contributed by atoms with Crippen LogP contribution in [0.5, 0.6) is 0 Å². The molecule has 10 heteroatoms. The Kier molecular flexibility index (Phi) is 7.44. The fourth-order valence-electron chi connectivity index (χ4n) is 4.20. The van der Waals surface area contributed by atoms with Crippen molar-refractivity contribution >= 4 is 18.0 Å². The Morgan fingerprint density at radius 1 is 0.872 bits per heavy atom. The predicted molar refractivity (Wildman–Crippen MR) is 142 cm³/mol. The van der Waals surface area contributed by atoms with Gasteiger partial charge in [0.05, 0.1) is 29.6 Å². The van der Waals surface area contributed by atoms with Gasteiger partial charge in [-0.15, -0.1) is 5.10 Å². The van der Waals surface area contributed by atoms with Gasteiger partial charge in [-0.1, -0.05) is 78.9 Å². The number of ether oxygens (including phenoxy) is 2. The van der Waals surface area contributed by atoms with Crippen molar-refractivity contribution in [2.75, 3.05) is 13.2 Å². The van der Waals surface area contributed by atoms with Crippen molar-refractivity contribution in [3.63, 3.8) is 0 Å². The Balaban J connectivity index is 1.46. The highest BCUT2D eigenvalue weighted by Gasteiger charge is 2.34. The molecular weight excluding hydrogens is 498 g/mol. The highest BCUT2D eigenvalue weighted by molar-refractivity contribution is 5.95. The smallest absolute Gasteiger partial charge is 0.378 e. The first-order chi connectivity index (χ1) is 19.0. The minimum atomic E-state index is -0.818. The van der Waals surface area contributed by atoms with E-state index in [1.54, 1.807) is 35.9 Å². The van der Waals surface area contributed by atoms with Crippen LogP contribution in [-0.4, -0.2) is 45.9 Å². The molecule has 0 aliphatic carbocycles. The number of hydrogen-bond acceptors (Lipinski definition) is 7. The van der Waals surface area contributed by atoms with Gasteiger partial charge in [-0.05, 0) is 24.6 Å². The predicted octanol–water partition coefficient (Wildman–Crippen LogP) is 3.96. The standard InChI is InChI=1S/C29H25N5O5/c1-2-38-27(35)23-22(30-29(37)31-24(23)19-12-6-3-7-13-19)18-39-28(36)25-32-26(20-14-8-4-9-15-20)34(33-25)21-16-10-5-11-17-21/h3-17,24H,2,18H2,1H3,(H2,30,31,37)/t24-/m0/s1. The third-order valence-corrected chi connectivity index (χ3v) is 5.95. The van der Waals surface area contributed by atoms with E-state index in [0.29, 0.717) is 17.1 Å². The highest BCUT2D eigenvalue weighted by Crippen LogP contribution is 2.28. The van der Waals surface area contributed by atoms with Crippen molar-refractivity contribution in [1.29, 1.82) is 0 Å². The summed E-state index contributed by atoms with van der Waals surface area (Å²) in [6.07, 6.45) is 0. The van der Waals surface area contributed by atoms with Crippen LogP contribution in [0.25, 0.3) is 17.1 Å². The van der Waals surface area contributed by atoms with E-state index in [2.05, 4.69) is 20.7 Å². The molecule has 5 rings (SSSR count). The molecule has 0 spiro atoms. The number of urea groups is 1. The van der Waals surface area contributed by atoms with Crippen molar-refractivity contribution in [1.82, 2.24) is 25.4 Å². The summed E-state index contributed by atoms with van der Waals surface area (Å²) in [6.45, 7) is 1.42. The van der Waals surface area contributed by atoms with E-state index in [-0.39, 0.29) is 23.7 Å². The summed E-state index contributed by atoms with van der Waals surface area (Å²) in [4.78, 5) is 43.0. The van der Waals surface area contributed by atoms with E-state index < -0.39 is 30.6 Å². The molecule has 0 radical (unpaired) electrons. The molecular formula is C29H25N5O5. The molecule has 1 aliphatic rings. The minimum Gasteiger partial charge on any atom is -0.463 e. The Morgan fingerprint density at radius 2 is 1.51 bits per heavy atom. The maximum Gasteiger partial charge on any atom is 0.378 e. The van der Waals surface area contributed by atoms with Crippen LogP contribution in [0, 0.1) is 0 Å². The molecule has 1 aromatic heterocycles. The first kappa shape index (κ1) is 25.4. The van der Waals surface area contributed by atoms with Gasteiger partial charge in [0, 0.05) is 5.56 Å². The minimum absolute atomic E-state index is 0.116. The summed E-state index contributed by atoms with van der Waals surface area (Å²) in [5.74, 6) is -1.17. The number of para-hydroxylation sites is 1. The number of hydrogen-bond donors (Lipinski definition) is 2. The van der Waals surface area contributed by atoms with Crippen LogP contribution in [0.2, 0.25) is 0 Å². The van der Waals surface area contributed by atoms with Gasteiger partial charge in [0.1, 0.15) is 6.61 Å². The van der Waals surface area contributed by atoms with Gasteiger partial charge < -0.3 is 20.1 Å². The zero-order valence-corrected chi connectivity index (χ0v) is 21.0. The zero-order chi connectivity index (χ0) is 27.2. The van der Waals surface area contributed by atoms with Crippen LogP contribution in [0.1, 0.15) is 29.1 Å². The van der Waals surface area contributed by atoms with Crippen molar-refractivity contribution < 1.29 is 23.9 Å². The van der Waals surface area contributed by atoms with Crippen LogP contribution in [0.4, 0.5) is 4.79 Å². The van der Waals surface area contributed by atoms with Crippen molar-refractivity contribution in [3.8, 4) is 17.1 Å². The maximum atomic E-state index is 13.1. The van der Waals surface area contributed by atoms with Gasteiger partial charge in [-0.25, -0.2) is 24.0 Å². The first-order valence-corrected chi connectivity index (χ1v) is 12.3. The fourth-order valence-corrected chi connectivity index (χ4v) is 4.20. The molecule has 0 saturated heterocycles. The van der Waals surface area contributed by atoms with Crippen LogP contribution in [0.15, 0.2) is 102 Å². The lowest BCUT2D eigenvalue weighted by Gasteiger charge is -2.29. The number of carbonyl (C=O) groups excluding carboxylic acids is 3. The Hall–Kier alpha value is -5.25. The summed E-state index contributed by atoms with van der Waals surface area (Å²) in [5, 5.41) is 9.73. The first-order valence-electron chi connectivity index (χ1n) is 12.3. The average molecular weight is 524 g/mol. The van der Waals surface area contributed by atoms with Crippen LogP contribution < -0.4 is 10.6 Å². The monoisotopic (exact) mass is 523 g/mol. The van der Waals surface area contributed by atoms with E-state index in [4.69, 9.17) is 9.47 Å². The highest BCUT2D eigenvalue weighted by atomic mass is 16.5. The molecule has 196 valence electrons. The van der Waals surface area contributed by atoms with Crippen LogP contribution >= 0.6 is 0 Å². The van der Waals surface area contributed by atoms with Gasteiger partial charge in [0.15, 0.2) is 5.82 Å². The third kappa shape index (κ3) is 5.54. The summed E-state index contributed by atoms with van der Waals surface area (Å²) < 4.78 is 12.3. The number of amides is 2. The quantitative estimate of drug-likeness (QED) is 0.335. The number of nitrogens with one attached hydrogen (secondary N) is 2. The summed E-state index contributed by atoms with van der Waals surface area (Å²) >= 11 is 0. The van der Waals surface area contributed by atoms with Crippen molar-refractivity contribution in [2.45, 2.75) is 13.0 Å². The summed E-state index contributed by atoms with van der Waals surface area (Å²) in [5.41, 5.74) is 2.41. The molecule has 3 aromatic carbocycles. The van der Waals surface area contributed by atoms with E-state index in [1.165, 1.54) is 0 Å². The molecule has 0 saturated carbocycles. The molecule has 1 aliphatic heterocycles. The number of esters is 2. The van der Waals surface area contributed by atoms with Gasteiger partial charge in [0.25, 0.3) is 5.82 Å². The molecule has 2 N–H and O–H groups in total. The SMILES string of the molecule is CCOC(=O)C1=C(COC(=O)c2nc(-c3ccccc3)n(-c3ccccc3)n2)NC(=O)N[C@H]1c1ccccc1. The second-order valence-corrected chi connectivity index (χ2v) is 8.50. The second kappa shape index (κ2) is 11.4. The fraction of sp³-hybridized carbons (Fsp3) is 0.138. The lowest BCUT2D eigenvalue weighted by atomic mass is 9.95. The molecule has 0 bridgehead atoms. The van der Waals surface area contributed by atoms with Gasteiger partial charge >= 0.3 is 18.0 Å². The summed E-state index contributed by atoms with van der Waals surface area (Å²) in [7, 11) is 0. The number of nitrogens with zero attached hydrogens (tertiary/aromatic N) is 3. The third-order valence-electron chi connectivity index (χ3n) is 5.95. The second-order valence-electron chi connectivity index (χ2n) is 8.50. The van der Waals surface area contributed by atoms with E-state index in [9.17, 15) is 14.4 Å². The van der Waals surface area contributed by atoms with E-state index >= 15 is 0 Å². The van der Waals surface area contributed by atoms with Gasteiger partial charge in [0.2, 0.25) is 0 Å². The average Bonchev–Trinajstić information content (AvgIpc) is 3.43. The molecule has 10 nitrogen and oxygen atoms in total. The largest absolute Gasteiger partial charge is 0.463 e. The normalized spacial score (nSPS) is 14.8.